The van der Waals surface area contributed by atoms with Gasteiger partial charge < -0.3 is 35.6 Å². The molecule has 1 aromatic rings. The van der Waals surface area contributed by atoms with Gasteiger partial charge in [0.1, 0.15) is 24.4 Å². The van der Waals surface area contributed by atoms with Gasteiger partial charge in [0.2, 0.25) is 23.6 Å². The van der Waals surface area contributed by atoms with Crippen molar-refractivity contribution in [3.8, 4) is 5.75 Å². The van der Waals surface area contributed by atoms with Crippen molar-refractivity contribution < 1.29 is 33.4 Å². The normalized spacial score (nSPS) is 26.1. The number of amides is 5. The van der Waals surface area contributed by atoms with Crippen LogP contribution in [0.15, 0.2) is 24.3 Å². The zero-order valence-electron chi connectivity index (χ0n) is 20.7. The number of ether oxygens (including phenoxy) is 2. The lowest BCUT2D eigenvalue weighted by Crippen LogP contribution is -2.57. The van der Waals surface area contributed by atoms with Crippen LogP contribution in [0.4, 0.5) is 0 Å². The van der Waals surface area contributed by atoms with Gasteiger partial charge in [-0.15, -0.1) is 0 Å². The Hall–Kier alpha value is -3.67. The van der Waals surface area contributed by atoms with Crippen LogP contribution in [-0.2, 0) is 23.9 Å². The first-order valence-corrected chi connectivity index (χ1v) is 11.8. The number of fused-ring (bicyclic) bond motifs is 1. The molecular weight excluding hydrogens is 470 g/mol. The second-order valence-electron chi connectivity index (χ2n) is 9.13. The third kappa shape index (κ3) is 6.94. The van der Waals surface area contributed by atoms with Crippen LogP contribution in [0.1, 0.15) is 37.0 Å². The van der Waals surface area contributed by atoms with Crippen molar-refractivity contribution in [3.05, 3.63) is 29.8 Å². The van der Waals surface area contributed by atoms with E-state index >= 15 is 0 Å². The van der Waals surface area contributed by atoms with Crippen molar-refractivity contribution >= 4 is 29.5 Å². The summed E-state index contributed by atoms with van der Waals surface area (Å²) in [6.07, 6.45) is -1.30. The molecule has 4 N–H and O–H groups in total. The Morgan fingerprint density at radius 1 is 1.08 bits per heavy atom. The zero-order valence-corrected chi connectivity index (χ0v) is 20.7. The van der Waals surface area contributed by atoms with E-state index in [1.807, 2.05) is 13.8 Å². The lowest BCUT2D eigenvalue weighted by molar-refractivity contribution is -0.146. The van der Waals surface area contributed by atoms with Crippen LogP contribution in [-0.4, -0.2) is 96.9 Å². The molecule has 0 spiro atoms. The number of nitrogens with zero attached hydrogens (tertiary/aromatic N) is 2. The first-order chi connectivity index (χ1) is 17.0. The lowest BCUT2D eigenvalue weighted by atomic mass is 10.1. The molecule has 36 heavy (non-hydrogen) atoms. The van der Waals surface area contributed by atoms with E-state index in [-0.39, 0.29) is 36.7 Å². The standard InChI is InChI=1S/C24H33N5O7/c1-14-12-29(13-15(2)36-14)24(34)18-11-21(31)26-17(10-20(25)30)23(33)28(3)8-9-35-19-7-5-4-6-16(19)22(32)27-18/h4-7,14-15,17-18H,8-13H2,1-3H3,(H2,25,30)(H,26,31)(H,27,32)/t14-,15+,17-,18-/m0/s1. The summed E-state index contributed by atoms with van der Waals surface area (Å²) >= 11 is 0. The minimum absolute atomic E-state index is 0.0513. The summed E-state index contributed by atoms with van der Waals surface area (Å²) in [5.74, 6) is -2.75. The summed E-state index contributed by atoms with van der Waals surface area (Å²) in [5, 5.41) is 5.16. The van der Waals surface area contributed by atoms with Gasteiger partial charge >= 0.3 is 0 Å². The maximum Gasteiger partial charge on any atom is 0.255 e. The Morgan fingerprint density at radius 3 is 2.42 bits per heavy atom. The Labute approximate surface area is 209 Å². The lowest BCUT2D eigenvalue weighted by Gasteiger charge is -2.37. The maximum atomic E-state index is 13.5. The molecule has 1 saturated heterocycles. The quantitative estimate of drug-likeness (QED) is 0.478. The van der Waals surface area contributed by atoms with E-state index in [0.717, 1.165) is 0 Å². The largest absolute Gasteiger partial charge is 0.491 e. The van der Waals surface area contributed by atoms with Gasteiger partial charge in [-0.25, -0.2) is 0 Å². The average Bonchev–Trinajstić information content (AvgIpc) is 2.81. The van der Waals surface area contributed by atoms with Crippen molar-refractivity contribution in [2.75, 3.05) is 33.3 Å². The molecule has 0 bridgehead atoms. The van der Waals surface area contributed by atoms with E-state index in [9.17, 15) is 24.0 Å². The van der Waals surface area contributed by atoms with E-state index in [2.05, 4.69) is 10.6 Å². The Bertz CT molecular complexity index is 1010. The first kappa shape index (κ1) is 26.9. The summed E-state index contributed by atoms with van der Waals surface area (Å²) in [4.78, 5) is 67.0. The van der Waals surface area contributed by atoms with Crippen molar-refractivity contribution in [2.24, 2.45) is 5.73 Å². The molecule has 0 aliphatic carbocycles. The summed E-state index contributed by atoms with van der Waals surface area (Å²) in [6.45, 7) is 4.44. The van der Waals surface area contributed by atoms with Gasteiger partial charge in [-0.05, 0) is 26.0 Å². The van der Waals surface area contributed by atoms with Crippen LogP contribution in [0.2, 0.25) is 0 Å². The number of para-hydroxylation sites is 1. The highest BCUT2D eigenvalue weighted by Crippen LogP contribution is 2.19. The topological polar surface area (TPSA) is 160 Å². The summed E-state index contributed by atoms with van der Waals surface area (Å²) in [6, 6.07) is 4.06. The van der Waals surface area contributed by atoms with Gasteiger partial charge in [0.15, 0.2) is 0 Å². The third-order valence-electron chi connectivity index (χ3n) is 5.96. The minimum Gasteiger partial charge on any atom is -0.491 e. The van der Waals surface area contributed by atoms with Crippen LogP contribution in [0.5, 0.6) is 5.75 Å². The molecule has 1 aromatic carbocycles. The Balaban J connectivity index is 1.93. The number of benzene rings is 1. The van der Waals surface area contributed by atoms with Crippen LogP contribution in [0, 0.1) is 0 Å². The summed E-state index contributed by atoms with van der Waals surface area (Å²) in [5.41, 5.74) is 5.48. The predicted octanol–water partition coefficient (Wildman–Crippen LogP) is -0.978. The monoisotopic (exact) mass is 503 g/mol. The summed E-state index contributed by atoms with van der Waals surface area (Å²) < 4.78 is 11.4. The maximum absolute atomic E-state index is 13.5. The molecular formula is C24H33N5O7. The number of nitrogens with two attached hydrogens (primary N) is 1. The molecule has 0 aromatic heterocycles. The molecule has 4 atom stereocenters. The van der Waals surface area contributed by atoms with E-state index in [1.165, 1.54) is 11.9 Å². The van der Waals surface area contributed by atoms with E-state index in [1.54, 1.807) is 29.2 Å². The van der Waals surface area contributed by atoms with E-state index in [4.69, 9.17) is 15.2 Å². The smallest absolute Gasteiger partial charge is 0.255 e. The van der Waals surface area contributed by atoms with Gasteiger partial charge in [-0.3, -0.25) is 24.0 Å². The van der Waals surface area contributed by atoms with Crippen LogP contribution in [0.3, 0.4) is 0 Å². The first-order valence-electron chi connectivity index (χ1n) is 11.8. The minimum atomic E-state index is -1.23. The fourth-order valence-electron chi connectivity index (χ4n) is 4.30. The number of nitrogens with one attached hydrogen (secondary N) is 2. The Morgan fingerprint density at radius 2 is 1.75 bits per heavy atom. The van der Waals surface area contributed by atoms with Gasteiger partial charge in [0, 0.05) is 20.1 Å². The number of carbonyl (C=O) groups is 5. The van der Waals surface area contributed by atoms with Crippen molar-refractivity contribution in [1.29, 1.82) is 0 Å². The molecule has 0 radical (unpaired) electrons. The van der Waals surface area contributed by atoms with Crippen molar-refractivity contribution in [1.82, 2.24) is 20.4 Å². The van der Waals surface area contributed by atoms with E-state index < -0.39 is 54.5 Å². The van der Waals surface area contributed by atoms with Crippen molar-refractivity contribution in [3.63, 3.8) is 0 Å². The molecule has 0 saturated carbocycles. The highest BCUT2D eigenvalue weighted by atomic mass is 16.5. The van der Waals surface area contributed by atoms with Gasteiger partial charge in [0.25, 0.3) is 5.91 Å². The van der Waals surface area contributed by atoms with Gasteiger partial charge in [-0.1, -0.05) is 12.1 Å². The Kier molecular flexibility index (Phi) is 8.86. The fourth-order valence-corrected chi connectivity index (χ4v) is 4.30. The number of likely N-dealkylation sites (N-methyl/N-ethyl adjacent to an activating group) is 1. The van der Waals surface area contributed by atoms with Crippen LogP contribution >= 0.6 is 0 Å². The molecule has 12 nitrogen and oxygen atoms in total. The molecule has 196 valence electrons. The number of morpholine rings is 1. The second-order valence-corrected chi connectivity index (χ2v) is 9.13. The summed E-state index contributed by atoms with van der Waals surface area (Å²) in [7, 11) is 1.50. The zero-order chi connectivity index (χ0) is 26.4. The molecule has 0 unspecified atom stereocenters. The van der Waals surface area contributed by atoms with Gasteiger partial charge in [0.05, 0.1) is 37.2 Å². The number of rotatable bonds is 3. The molecule has 12 heteroatoms. The van der Waals surface area contributed by atoms with Crippen LogP contribution in [0.25, 0.3) is 0 Å². The second kappa shape index (κ2) is 11.8. The molecule has 2 heterocycles. The average molecular weight is 504 g/mol. The molecule has 3 rings (SSSR count). The highest BCUT2D eigenvalue weighted by molar-refractivity contribution is 6.01. The van der Waals surface area contributed by atoms with Crippen molar-refractivity contribution in [2.45, 2.75) is 51.0 Å². The van der Waals surface area contributed by atoms with E-state index in [0.29, 0.717) is 13.1 Å². The number of hydrogen-bond donors (Lipinski definition) is 3. The molecule has 1 fully saturated rings. The number of hydrogen-bond acceptors (Lipinski definition) is 7. The SMILES string of the molecule is C[C@@H]1CN(C(=O)[C@@H]2CC(=O)N[C@@H](CC(N)=O)C(=O)N(C)CCOc3ccccc3C(=O)N2)C[C@H](C)O1. The molecule has 2 aliphatic heterocycles. The third-order valence-corrected chi connectivity index (χ3v) is 5.96. The predicted molar refractivity (Wildman–Crippen MR) is 128 cm³/mol. The number of primary amides is 1. The number of carbonyl (C=O) groups excluding carboxylic acids is 5. The van der Waals surface area contributed by atoms with Gasteiger partial charge in [-0.2, -0.15) is 0 Å². The van der Waals surface area contributed by atoms with Crippen LogP contribution < -0.4 is 21.1 Å². The fraction of sp³-hybridized carbons (Fsp3) is 0.542. The molecule has 5 amide bonds. The highest BCUT2D eigenvalue weighted by Gasteiger charge is 2.35. The molecule has 2 aliphatic rings.